The van der Waals surface area contributed by atoms with Gasteiger partial charge in [-0.2, -0.15) is 0 Å². The van der Waals surface area contributed by atoms with E-state index in [9.17, 15) is 4.79 Å². The van der Waals surface area contributed by atoms with E-state index in [4.69, 9.17) is 15.6 Å². The third-order valence-electron chi connectivity index (χ3n) is 2.47. The first kappa shape index (κ1) is 11.4. The van der Waals surface area contributed by atoms with Crippen molar-refractivity contribution in [3.63, 3.8) is 0 Å². The normalized spacial score (nSPS) is 11.1. The molecule has 0 aliphatic rings. The molecule has 1 rings (SSSR count). The number of carboxylic acids is 1. The maximum absolute atomic E-state index is 11.1. The van der Waals surface area contributed by atoms with Crippen LogP contribution in [0.1, 0.15) is 19.4 Å². The van der Waals surface area contributed by atoms with Crippen LogP contribution in [0.5, 0.6) is 5.75 Å². The molecule has 0 saturated carbocycles. The molecule has 4 heteroatoms. The Balaban J connectivity index is 3.29. The van der Waals surface area contributed by atoms with Crippen LogP contribution in [0.25, 0.3) is 0 Å². The average Bonchev–Trinajstić information content (AvgIpc) is 2.18. The van der Waals surface area contributed by atoms with Gasteiger partial charge in [0.2, 0.25) is 0 Å². The molecule has 3 N–H and O–H groups in total. The molecular weight excluding hydrogens is 194 g/mol. The molecule has 0 atom stereocenters. The molecule has 0 amide bonds. The lowest BCUT2D eigenvalue weighted by Gasteiger charge is -2.22. The molecular formula is C11H15NO3. The second-order valence-electron chi connectivity index (χ2n) is 3.88. The molecule has 0 aliphatic heterocycles. The van der Waals surface area contributed by atoms with Crippen molar-refractivity contribution in [2.45, 2.75) is 19.3 Å². The number of rotatable bonds is 3. The van der Waals surface area contributed by atoms with Crippen LogP contribution in [-0.2, 0) is 10.2 Å². The van der Waals surface area contributed by atoms with Crippen LogP contribution in [0.15, 0.2) is 18.2 Å². The third-order valence-corrected chi connectivity index (χ3v) is 2.47. The molecule has 1 aromatic rings. The lowest BCUT2D eigenvalue weighted by molar-refractivity contribution is -0.142. The number of hydrogen-bond acceptors (Lipinski definition) is 3. The summed E-state index contributed by atoms with van der Waals surface area (Å²) in [5.41, 5.74) is 5.76. The van der Waals surface area contributed by atoms with E-state index in [1.165, 1.54) is 7.11 Å². The van der Waals surface area contributed by atoms with E-state index in [0.29, 0.717) is 17.0 Å². The Kier molecular flexibility index (Phi) is 2.88. The van der Waals surface area contributed by atoms with Gasteiger partial charge in [-0.3, -0.25) is 4.79 Å². The van der Waals surface area contributed by atoms with Crippen molar-refractivity contribution in [1.29, 1.82) is 0 Å². The van der Waals surface area contributed by atoms with Crippen molar-refractivity contribution in [2.24, 2.45) is 0 Å². The SMILES string of the molecule is COc1ccc(N)c(C(C)(C)C(=O)O)c1. The van der Waals surface area contributed by atoms with E-state index in [1.807, 2.05) is 0 Å². The molecule has 4 nitrogen and oxygen atoms in total. The van der Waals surface area contributed by atoms with Gasteiger partial charge < -0.3 is 15.6 Å². The molecule has 0 fully saturated rings. The van der Waals surface area contributed by atoms with Crippen molar-refractivity contribution in [3.05, 3.63) is 23.8 Å². The first-order valence-corrected chi connectivity index (χ1v) is 4.57. The van der Waals surface area contributed by atoms with Crippen LogP contribution in [0.3, 0.4) is 0 Å². The predicted octanol–water partition coefficient (Wildman–Crippen LogP) is 1.64. The van der Waals surface area contributed by atoms with E-state index in [2.05, 4.69) is 0 Å². The minimum Gasteiger partial charge on any atom is -0.497 e. The summed E-state index contributed by atoms with van der Waals surface area (Å²) in [6.45, 7) is 3.22. The monoisotopic (exact) mass is 209 g/mol. The van der Waals surface area contributed by atoms with Crippen molar-refractivity contribution in [1.82, 2.24) is 0 Å². The fourth-order valence-corrected chi connectivity index (χ4v) is 1.32. The molecule has 82 valence electrons. The summed E-state index contributed by atoms with van der Waals surface area (Å²) in [6.07, 6.45) is 0. The lowest BCUT2D eigenvalue weighted by Crippen LogP contribution is -2.29. The van der Waals surface area contributed by atoms with Gasteiger partial charge in [0.15, 0.2) is 0 Å². The second kappa shape index (κ2) is 3.81. The number of benzene rings is 1. The highest BCUT2D eigenvalue weighted by atomic mass is 16.5. The van der Waals surface area contributed by atoms with Gasteiger partial charge in [0.05, 0.1) is 12.5 Å². The van der Waals surface area contributed by atoms with Crippen LogP contribution in [0.4, 0.5) is 5.69 Å². The van der Waals surface area contributed by atoms with Crippen molar-refractivity contribution in [3.8, 4) is 5.75 Å². The summed E-state index contributed by atoms with van der Waals surface area (Å²) in [4.78, 5) is 11.1. The fourth-order valence-electron chi connectivity index (χ4n) is 1.32. The highest BCUT2D eigenvalue weighted by Crippen LogP contribution is 2.31. The minimum atomic E-state index is -1.02. The summed E-state index contributed by atoms with van der Waals surface area (Å²) < 4.78 is 5.04. The Morgan fingerprint density at radius 3 is 2.53 bits per heavy atom. The minimum absolute atomic E-state index is 0.461. The van der Waals surface area contributed by atoms with Gasteiger partial charge in [0, 0.05) is 5.69 Å². The predicted molar refractivity (Wildman–Crippen MR) is 58.1 cm³/mol. The summed E-state index contributed by atoms with van der Waals surface area (Å²) in [7, 11) is 1.53. The zero-order valence-electron chi connectivity index (χ0n) is 9.07. The molecule has 0 aromatic heterocycles. The topological polar surface area (TPSA) is 72.5 Å². The molecule has 0 heterocycles. The van der Waals surface area contributed by atoms with E-state index >= 15 is 0 Å². The van der Waals surface area contributed by atoms with Crippen LogP contribution in [0.2, 0.25) is 0 Å². The Morgan fingerprint density at radius 1 is 1.47 bits per heavy atom. The maximum Gasteiger partial charge on any atom is 0.313 e. The van der Waals surface area contributed by atoms with Gasteiger partial charge in [-0.15, -0.1) is 0 Å². The van der Waals surface area contributed by atoms with E-state index < -0.39 is 11.4 Å². The smallest absolute Gasteiger partial charge is 0.313 e. The van der Waals surface area contributed by atoms with Gasteiger partial charge >= 0.3 is 5.97 Å². The highest BCUT2D eigenvalue weighted by molar-refractivity contribution is 5.82. The Morgan fingerprint density at radius 2 is 2.07 bits per heavy atom. The van der Waals surface area contributed by atoms with Crippen molar-refractivity contribution in [2.75, 3.05) is 12.8 Å². The Hall–Kier alpha value is -1.71. The Labute approximate surface area is 88.7 Å². The number of methoxy groups -OCH3 is 1. The number of ether oxygens (including phenoxy) is 1. The summed E-state index contributed by atoms with van der Waals surface area (Å²) in [5, 5.41) is 9.09. The molecule has 1 aromatic carbocycles. The third kappa shape index (κ3) is 2.03. The number of carbonyl (C=O) groups is 1. The highest BCUT2D eigenvalue weighted by Gasteiger charge is 2.31. The van der Waals surface area contributed by atoms with Crippen molar-refractivity contribution >= 4 is 11.7 Å². The van der Waals surface area contributed by atoms with Crippen LogP contribution in [0, 0.1) is 0 Å². The van der Waals surface area contributed by atoms with Gasteiger partial charge in [-0.05, 0) is 37.6 Å². The van der Waals surface area contributed by atoms with Gasteiger partial charge in [-0.25, -0.2) is 0 Å². The number of hydrogen-bond donors (Lipinski definition) is 2. The first-order valence-electron chi connectivity index (χ1n) is 4.57. The van der Waals surface area contributed by atoms with E-state index in [-0.39, 0.29) is 0 Å². The number of nitrogens with two attached hydrogens (primary N) is 1. The molecule has 0 bridgehead atoms. The maximum atomic E-state index is 11.1. The summed E-state index contributed by atoms with van der Waals surface area (Å²) >= 11 is 0. The molecule has 0 radical (unpaired) electrons. The van der Waals surface area contributed by atoms with Crippen molar-refractivity contribution < 1.29 is 14.6 Å². The van der Waals surface area contributed by atoms with Gasteiger partial charge in [0.1, 0.15) is 5.75 Å². The van der Waals surface area contributed by atoms with Crippen LogP contribution in [-0.4, -0.2) is 18.2 Å². The molecule has 0 spiro atoms. The number of carboxylic acid groups (broad SMARTS) is 1. The largest absolute Gasteiger partial charge is 0.497 e. The molecule has 15 heavy (non-hydrogen) atoms. The zero-order valence-corrected chi connectivity index (χ0v) is 9.07. The molecule has 0 unspecified atom stereocenters. The fraction of sp³-hybridized carbons (Fsp3) is 0.364. The second-order valence-corrected chi connectivity index (χ2v) is 3.88. The molecule has 0 aliphatic carbocycles. The number of anilines is 1. The van der Waals surface area contributed by atoms with E-state index in [0.717, 1.165) is 0 Å². The molecule has 0 saturated heterocycles. The standard InChI is InChI=1S/C11H15NO3/c1-11(2,10(13)14)8-6-7(15-3)4-5-9(8)12/h4-6H,12H2,1-3H3,(H,13,14). The van der Waals surface area contributed by atoms with E-state index in [1.54, 1.807) is 32.0 Å². The average molecular weight is 209 g/mol. The summed E-state index contributed by atoms with van der Waals surface area (Å²) in [5.74, 6) is -0.309. The quantitative estimate of drug-likeness (QED) is 0.742. The first-order chi connectivity index (χ1) is 6.89. The van der Waals surface area contributed by atoms with Crippen LogP contribution >= 0.6 is 0 Å². The van der Waals surface area contributed by atoms with Crippen LogP contribution < -0.4 is 10.5 Å². The number of aliphatic carboxylic acids is 1. The summed E-state index contributed by atoms with van der Waals surface area (Å²) in [6, 6.07) is 5.01. The zero-order chi connectivity index (χ0) is 11.6. The van der Waals surface area contributed by atoms with Gasteiger partial charge in [-0.1, -0.05) is 0 Å². The lowest BCUT2D eigenvalue weighted by atomic mass is 9.83. The van der Waals surface area contributed by atoms with Gasteiger partial charge in [0.25, 0.3) is 0 Å². The number of nitrogen functional groups attached to an aromatic ring is 1. The Bertz CT molecular complexity index is 385.